The van der Waals surface area contributed by atoms with Gasteiger partial charge in [-0.05, 0) is 48.2 Å². The molecule has 0 aliphatic carbocycles. The van der Waals surface area contributed by atoms with Gasteiger partial charge in [0.2, 0.25) is 0 Å². The van der Waals surface area contributed by atoms with Crippen LogP contribution in [0.2, 0.25) is 36.3 Å². The van der Waals surface area contributed by atoms with Gasteiger partial charge in [0.05, 0.1) is 24.9 Å². The molecule has 8 heteroatoms. The molecule has 1 aromatic rings. The smallest absolute Gasteiger partial charge is 0.407 e. The van der Waals surface area contributed by atoms with Crippen LogP contribution in [-0.4, -0.2) is 52.7 Å². The second-order valence-corrected chi connectivity index (χ2v) is 21.9. The van der Waals surface area contributed by atoms with Crippen LogP contribution in [0.25, 0.3) is 0 Å². The lowest BCUT2D eigenvalue weighted by atomic mass is 10.0. The number of nitrogens with one attached hydrogen (secondary N) is 1. The minimum Gasteiger partial charge on any atom is -0.445 e. The largest absolute Gasteiger partial charge is 0.445 e. The highest BCUT2D eigenvalue weighted by Gasteiger charge is 2.44. The number of aliphatic hydroxyl groups is 1. The molecule has 0 aliphatic heterocycles. The summed E-state index contributed by atoms with van der Waals surface area (Å²) in [6.45, 7) is 25.8. The topological polar surface area (TPSA) is 77.0 Å². The molecular weight excluding hydrogens is 474 g/mol. The first-order valence-electron chi connectivity index (χ1n) is 12.5. The summed E-state index contributed by atoms with van der Waals surface area (Å²) in [6, 6.07) is 8.95. The molecular formula is C27H49NO5Si2. The maximum atomic E-state index is 12.9. The van der Waals surface area contributed by atoms with Crippen LogP contribution in [0.1, 0.15) is 53.5 Å². The molecule has 0 heterocycles. The molecule has 3 atom stereocenters. The Kier molecular flexibility index (Phi) is 11.4. The van der Waals surface area contributed by atoms with Crippen molar-refractivity contribution in [2.75, 3.05) is 6.61 Å². The fourth-order valence-corrected chi connectivity index (χ4v) is 5.28. The lowest BCUT2D eigenvalue weighted by molar-refractivity contribution is -0.00577. The molecule has 0 aromatic heterocycles. The number of carbonyl (C=O) groups is 1. The van der Waals surface area contributed by atoms with Crippen LogP contribution in [0.15, 0.2) is 43.0 Å². The number of rotatable bonds is 12. The average molecular weight is 524 g/mol. The standard InChI is InChI=1S/C27H49NO5Si2/c1-12-16-23(29)24(33-35(10,11)27(5,6)7)22(20-32-34(8,9)26(2,3)4)28-25(30)31-19-21-17-14-13-15-18-21/h12-15,17-18,22-24,29H,1,16,19-20H2,2-11H3,(H,28,30)/t22-,23+,24-/m0/s1. The minimum absolute atomic E-state index is 0.000878. The highest BCUT2D eigenvalue weighted by atomic mass is 28.4. The Morgan fingerprint density at radius 2 is 1.57 bits per heavy atom. The van der Waals surface area contributed by atoms with E-state index in [1.807, 2.05) is 30.3 Å². The van der Waals surface area contributed by atoms with Crippen LogP contribution in [0.4, 0.5) is 4.79 Å². The molecule has 2 N–H and O–H groups in total. The SMILES string of the molecule is C=CC[C@@H](O)[C@@H](O[Si](C)(C)C(C)(C)C)[C@H](CO[Si](C)(C)C(C)(C)C)NC(=O)OCc1ccccc1. The zero-order valence-electron chi connectivity index (χ0n) is 23.6. The molecule has 0 saturated carbocycles. The Labute approximate surface area is 215 Å². The van der Waals surface area contributed by atoms with Crippen molar-refractivity contribution in [1.29, 1.82) is 0 Å². The summed E-state index contributed by atoms with van der Waals surface area (Å²) in [5.74, 6) is 0. The fraction of sp³-hybridized carbons (Fsp3) is 0.667. The molecule has 0 radical (unpaired) electrons. The predicted octanol–water partition coefficient (Wildman–Crippen LogP) is 6.63. The number of hydrogen-bond acceptors (Lipinski definition) is 5. The first-order chi connectivity index (χ1) is 15.9. The van der Waals surface area contributed by atoms with Crippen molar-refractivity contribution in [1.82, 2.24) is 5.32 Å². The van der Waals surface area contributed by atoms with Crippen molar-refractivity contribution in [3.63, 3.8) is 0 Å². The summed E-state index contributed by atoms with van der Waals surface area (Å²) in [7, 11) is -4.41. The maximum Gasteiger partial charge on any atom is 0.407 e. The van der Waals surface area contributed by atoms with Crippen LogP contribution in [0, 0.1) is 0 Å². The van der Waals surface area contributed by atoms with Gasteiger partial charge in [0.1, 0.15) is 6.61 Å². The van der Waals surface area contributed by atoms with Gasteiger partial charge in [-0.3, -0.25) is 0 Å². The van der Waals surface area contributed by atoms with Gasteiger partial charge in [-0.25, -0.2) is 4.79 Å². The van der Waals surface area contributed by atoms with E-state index in [1.54, 1.807) is 6.08 Å². The number of carbonyl (C=O) groups excluding carboxylic acids is 1. The Morgan fingerprint density at radius 3 is 2.06 bits per heavy atom. The third-order valence-corrected chi connectivity index (χ3v) is 16.3. The molecule has 35 heavy (non-hydrogen) atoms. The van der Waals surface area contributed by atoms with E-state index < -0.39 is 41.0 Å². The van der Waals surface area contributed by atoms with Gasteiger partial charge in [0.25, 0.3) is 0 Å². The van der Waals surface area contributed by atoms with Crippen LogP contribution >= 0.6 is 0 Å². The highest BCUT2D eigenvalue weighted by Crippen LogP contribution is 2.39. The quantitative estimate of drug-likeness (QED) is 0.237. The van der Waals surface area contributed by atoms with E-state index in [0.717, 1.165) is 5.56 Å². The summed E-state index contributed by atoms with van der Waals surface area (Å²) >= 11 is 0. The van der Waals surface area contributed by atoms with Crippen molar-refractivity contribution >= 4 is 22.7 Å². The van der Waals surface area contributed by atoms with Crippen molar-refractivity contribution in [2.45, 2.75) is 109 Å². The van der Waals surface area contributed by atoms with Gasteiger partial charge in [0, 0.05) is 0 Å². The molecule has 0 fully saturated rings. The van der Waals surface area contributed by atoms with Crippen LogP contribution in [0.3, 0.4) is 0 Å². The molecule has 0 spiro atoms. The third kappa shape index (κ3) is 9.84. The molecule has 1 rings (SSSR count). The second kappa shape index (κ2) is 12.7. The van der Waals surface area contributed by atoms with E-state index in [-0.39, 0.29) is 23.3 Å². The Hall–Kier alpha value is -1.46. The van der Waals surface area contributed by atoms with E-state index in [9.17, 15) is 9.90 Å². The number of hydrogen-bond donors (Lipinski definition) is 2. The highest BCUT2D eigenvalue weighted by molar-refractivity contribution is 6.74. The van der Waals surface area contributed by atoms with Crippen LogP contribution in [0.5, 0.6) is 0 Å². The van der Waals surface area contributed by atoms with Crippen molar-refractivity contribution in [3.05, 3.63) is 48.6 Å². The van der Waals surface area contributed by atoms with Crippen LogP contribution in [-0.2, 0) is 20.2 Å². The maximum absolute atomic E-state index is 12.9. The van der Waals surface area contributed by atoms with Gasteiger partial charge in [-0.15, -0.1) is 6.58 Å². The Bertz CT molecular complexity index is 800. The molecule has 1 amide bonds. The monoisotopic (exact) mass is 523 g/mol. The van der Waals surface area contributed by atoms with Gasteiger partial charge in [-0.1, -0.05) is 78.0 Å². The third-order valence-electron chi connectivity index (χ3n) is 7.37. The first-order valence-corrected chi connectivity index (χ1v) is 18.3. The van der Waals surface area contributed by atoms with Crippen molar-refractivity contribution < 1.29 is 23.5 Å². The zero-order chi connectivity index (χ0) is 27.1. The normalized spacial score (nSPS) is 15.7. The minimum atomic E-state index is -2.29. The first kappa shape index (κ1) is 31.6. The summed E-state index contributed by atoms with van der Waals surface area (Å²) in [6.07, 6.45) is -0.0534. The van der Waals surface area contributed by atoms with E-state index >= 15 is 0 Å². The van der Waals surface area contributed by atoms with E-state index in [0.29, 0.717) is 6.42 Å². The number of benzene rings is 1. The summed E-state index contributed by atoms with van der Waals surface area (Å²) in [4.78, 5) is 12.9. The molecule has 0 saturated heterocycles. The molecule has 6 nitrogen and oxygen atoms in total. The van der Waals surface area contributed by atoms with Gasteiger partial charge >= 0.3 is 6.09 Å². The van der Waals surface area contributed by atoms with Gasteiger partial charge < -0.3 is 24.0 Å². The molecule has 1 aromatic carbocycles. The molecule has 200 valence electrons. The van der Waals surface area contributed by atoms with Crippen molar-refractivity contribution in [3.8, 4) is 0 Å². The van der Waals surface area contributed by atoms with E-state index in [2.05, 4.69) is 79.6 Å². The number of alkyl carbamates (subject to hydrolysis) is 1. The Morgan fingerprint density at radius 1 is 1.03 bits per heavy atom. The molecule has 0 unspecified atom stereocenters. The fourth-order valence-electron chi connectivity index (χ4n) is 2.90. The van der Waals surface area contributed by atoms with Crippen LogP contribution < -0.4 is 5.32 Å². The Balaban J connectivity index is 3.21. The number of ether oxygens (including phenoxy) is 1. The average Bonchev–Trinajstić information content (AvgIpc) is 2.73. The summed E-state index contributed by atoms with van der Waals surface area (Å²) in [5, 5.41) is 14.0. The lowest BCUT2D eigenvalue weighted by Gasteiger charge is -2.44. The molecule has 0 aliphatic rings. The van der Waals surface area contributed by atoms with E-state index in [4.69, 9.17) is 13.6 Å². The number of aliphatic hydroxyl groups excluding tert-OH is 1. The van der Waals surface area contributed by atoms with Gasteiger partial charge in [0.15, 0.2) is 16.6 Å². The lowest BCUT2D eigenvalue weighted by Crippen LogP contribution is -2.58. The van der Waals surface area contributed by atoms with Crippen molar-refractivity contribution in [2.24, 2.45) is 0 Å². The predicted molar refractivity (Wildman–Crippen MR) is 150 cm³/mol. The zero-order valence-corrected chi connectivity index (χ0v) is 25.6. The van der Waals surface area contributed by atoms with E-state index in [1.165, 1.54) is 0 Å². The second-order valence-electron chi connectivity index (χ2n) is 12.3. The summed E-state index contributed by atoms with van der Waals surface area (Å²) in [5.41, 5.74) is 0.900. The molecule has 0 bridgehead atoms. The summed E-state index contributed by atoms with van der Waals surface area (Å²) < 4.78 is 18.7. The van der Waals surface area contributed by atoms with Gasteiger partial charge in [-0.2, -0.15) is 0 Å². The number of amides is 1.